The second-order valence-corrected chi connectivity index (χ2v) is 5.27. The summed E-state index contributed by atoms with van der Waals surface area (Å²) < 4.78 is 37.9. The molecule has 2 heterocycles. The number of rotatable bonds is 5. The van der Waals surface area contributed by atoms with Crippen molar-refractivity contribution in [1.82, 2.24) is 20.0 Å². The molecule has 2 aromatic rings. The van der Waals surface area contributed by atoms with Crippen LogP contribution in [0.25, 0.3) is 0 Å². The molecule has 0 saturated heterocycles. The lowest BCUT2D eigenvalue weighted by atomic mass is 10.3. The van der Waals surface area contributed by atoms with Gasteiger partial charge in [-0.15, -0.1) is 0 Å². The molecular formula is C12H11ClF3N7O2. The maximum atomic E-state index is 12.6. The van der Waals surface area contributed by atoms with Gasteiger partial charge in [-0.25, -0.2) is 20.0 Å². The van der Waals surface area contributed by atoms with E-state index in [1.807, 2.05) is 0 Å². The Balaban J connectivity index is 2.42. The molecule has 0 radical (unpaired) electrons. The van der Waals surface area contributed by atoms with Crippen LogP contribution in [0.5, 0.6) is 0 Å². The van der Waals surface area contributed by atoms with Crippen molar-refractivity contribution in [2.24, 2.45) is 0 Å². The lowest BCUT2D eigenvalue weighted by Crippen LogP contribution is -2.21. The van der Waals surface area contributed by atoms with Crippen LogP contribution >= 0.6 is 11.6 Å². The van der Waals surface area contributed by atoms with Crippen molar-refractivity contribution in [1.29, 1.82) is 0 Å². The number of nitro groups is 1. The minimum atomic E-state index is -4.61. The number of hydrazine groups is 1. The third kappa shape index (κ3) is 4.42. The van der Waals surface area contributed by atoms with Gasteiger partial charge >= 0.3 is 11.9 Å². The second kappa shape index (κ2) is 7.03. The Hall–Kier alpha value is -2.73. The molecule has 0 aliphatic rings. The third-order valence-corrected chi connectivity index (χ3v) is 3.03. The molecule has 25 heavy (non-hydrogen) atoms. The maximum Gasteiger partial charge on any atom is 0.417 e. The molecule has 0 aromatic carbocycles. The third-order valence-electron chi connectivity index (χ3n) is 2.74. The van der Waals surface area contributed by atoms with Gasteiger partial charge in [0.05, 0.1) is 15.5 Å². The Morgan fingerprint density at radius 2 is 1.84 bits per heavy atom. The fourth-order valence-corrected chi connectivity index (χ4v) is 1.95. The standard InChI is InChI=1S/C12H11ClF3N7O2/c1-22(2)21-11-8(23(24)25)10(18-5-19-11)20-9-7(13)3-6(4-17-9)12(14,15)16/h3-5H,1-2H3,(H2,17,18,19,20,21). The first-order chi connectivity index (χ1) is 11.6. The number of anilines is 3. The highest BCUT2D eigenvalue weighted by atomic mass is 35.5. The van der Waals surface area contributed by atoms with Crippen LogP contribution in [0.2, 0.25) is 5.02 Å². The van der Waals surface area contributed by atoms with Crippen molar-refractivity contribution >= 4 is 34.7 Å². The number of hydrogen-bond acceptors (Lipinski definition) is 8. The predicted octanol–water partition coefficient (Wildman–Crippen LogP) is 3.08. The van der Waals surface area contributed by atoms with Gasteiger partial charge < -0.3 is 5.32 Å². The van der Waals surface area contributed by atoms with Crippen molar-refractivity contribution in [2.75, 3.05) is 24.8 Å². The Labute approximate surface area is 144 Å². The highest BCUT2D eigenvalue weighted by Crippen LogP contribution is 2.35. The number of aromatic nitrogens is 3. The molecule has 134 valence electrons. The van der Waals surface area contributed by atoms with Gasteiger partial charge in [-0.05, 0) is 6.07 Å². The number of nitrogens with one attached hydrogen (secondary N) is 2. The van der Waals surface area contributed by atoms with E-state index in [1.165, 1.54) is 5.01 Å². The molecule has 13 heteroatoms. The quantitative estimate of drug-likeness (QED) is 0.604. The molecule has 0 fully saturated rings. The molecule has 0 saturated carbocycles. The molecule has 0 aliphatic carbocycles. The fraction of sp³-hybridized carbons (Fsp3) is 0.250. The molecule has 0 unspecified atom stereocenters. The summed E-state index contributed by atoms with van der Waals surface area (Å²) in [6.45, 7) is 0. The summed E-state index contributed by atoms with van der Waals surface area (Å²) in [7, 11) is 3.18. The first kappa shape index (κ1) is 18.6. The smallest absolute Gasteiger partial charge is 0.318 e. The number of hydrogen-bond donors (Lipinski definition) is 2. The van der Waals surface area contributed by atoms with E-state index in [0.29, 0.717) is 12.3 Å². The van der Waals surface area contributed by atoms with Crippen molar-refractivity contribution in [3.05, 3.63) is 39.3 Å². The molecule has 9 nitrogen and oxygen atoms in total. The van der Waals surface area contributed by atoms with Crippen LogP contribution in [0, 0.1) is 10.1 Å². The van der Waals surface area contributed by atoms with E-state index in [1.54, 1.807) is 14.1 Å². The lowest BCUT2D eigenvalue weighted by Gasteiger charge is -2.14. The van der Waals surface area contributed by atoms with Crippen LogP contribution in [0.3, 0.4) is 0 Å². The Kier molecular flexibility index (Phi) is 5.23. The summed E-state index contributed by atoms with van der Waals surface area (Å²) in [6.07, 6.45) is -3.02. The number of alkyl halides is 3. The highest BCUT2D eigenvalue weighted by molar-refractivity contribution is 6.33. The van der Waals surface area contributed by atoms with E-state index in [9.17, 15) is 23.3 Å². The van der Waals surface area contributed by atoms with Gasteiger partial charge in [0.1, 0.15) is 6.33 Å². The van der Waals surface area contributed by atoms with Gasteiger partial charge in [0.25, 0.3) is 0 Å². The zero-order valence-electron chi connectivity index (χ0n) is 12.8. The Morgan fingerprint density at radius 3 is 2.36 bits per heavy atom. The summed E-state index contributed by atoms with van der Waals surface area (Å²) in [4.78, 5) is 21.6. The van der Waals surface area contributed by atoms with Crippen molar-refractivity contribution < 1.29 is 18.1 Å². The van der Waals surface area contributed by atoms with Gasteiger partial charge in [0.15, 0.2) is 5.82 Å². The molecule has 2 rings (SSSR count). The largest absolute Gasteiger partial charge is 0.417 e. The second-order valence-electron chi connectivity index (χ2n) is 4.86. The molecule has 2 N–H and O–H groups in total. The van der Waals surface area contributed by atoms with Crippen molar-refractivity contribution in [2.45, 2.75) is 6.18 Å². The van der Waals surface area contributed by atoms with Crippen LogP contribution in [0.1, 0.15) is 5.56 Å². The first-order valence-electron chi connectivity index (χ1n) is 6.52. The van der Waals surface area contributed by atoms with Gasteiger partial charge in [0, 0.05) is 20.3 Å². The molecule has 0 atom stereocenters. The average Bonchev–Trinajstić information content (AvgIpc) is 2.47. The highest BCUT2D eigenvalue weighted by Gasteiger charge is 2.32. The summed E-state index contributed by atoms with van der Waals surface area (Å²) >= 11 is 5.78. The molecule has 0 aliphatic heterocycles. The van der Waals surface area contributed by atoms with Gasteiger partial charge in [-0.1, -0.05) is 11.6 Å². The van der Waals surface area contributed by atoms with Gasteiger partial charge in [-0.2, -0.15) is 13.2 Å². The van der Waals surface area contributed by atoms with Crippen LogP contribution in [0.4, 0.5) is 36.3 Å². The molecular weight excluding hydrogens is 367 g/mol. The number of pyridine rings is 1. The van der Waals surface area contributed by atoms with Gasteiger partial charge in [-0.3, -0.25) is 15.5 Å². The summed E-state index contributed by atoms with van der Waals surface area (Å²) in [5.74, 6) is -0.610. The molecule has 0 bridgehead atoms. The summed E-state index contributed by atoms with van der Waals surface area (Å²) in [5, 5.41) is 14.8. The van der Waals surface area contributed by atoms with Gasteiger partial charge in [0.2, 0.25) is 11.6 Å². The first-order valence-corrected chi connectivity index (χ1v) is 6.90. The summed E-state index contributed by atoms with van der Waals surface area (Å²) in [6, 6.07) is 0.656. The van der Waals surface area contributed by atoms with Crippen molar-refractivity contribution in [3.63, 3.8) is 0 Å². The maximum absolute atomic E-state index is 12.6. The van der Waals surface area contributed by atoms with Crippen LogP contribution in [-0.4, -0.2) is 39.0 Å². The molecule has 0 amide bonds. The average molecular weight is 378 g/mol. The van der Waals surface area contributed by atoms with E-state index in [-0.39, 0.29) is 22.5 Å². The van der Waals surface area contributed by atoms with Crippen LogP contribution in [-0.2, 0) is 6.18 Å². The van der Waals surface area contributed by atoms with E-state index >= 15 is 0 Å². The zero-order chi connectivity index (χ0) is 18.8. The SMILES string of the molecule is CN(C)Nc1ncnc(Nc2ncc(C(F)(F)F)cc2Cl)c1[N+](=O)[O-]. The minimum Gasteiger partial charge on any atom is -0.318 e. The zero-order valence-corrected chi connectivity index (χ0v) is 13.6. The molecule has 0 spiro atoms. The Bertz CT molecular complexity index is 801. The minimum absolute atomic E-state index is 0.115. The monoisotopic (exact) mass is 377 g/mol. The normalized spacial score (nSPS) is 11.5. The van der Waals surface area contributed by atoms with Crippen LogP contribution in [0.15, 0.2) is 18.6 Å². The number of halogens is 4. The van der Waals surface area contributed by atoms with E-state index < -0.39 is 22.4 Å². The van der Waals surface area contributed by atoms with Crippen LogP contribution < -0.4 is 10.7 Å². The van der Waals surface area contributed by atoms with Crippen molar-refractivity contribution in [3.8, 4) is 0 Å². The topological polar surface area (TPSA) is 109 Å². The number of nitrogens with zero attached hydrogens (tertiary/aromatic N) is 5. The summed E-state index contributed by atoms with van der Waals surface area (Å²) in [5.41, 5.74) is 1.06. The Morgan fingerprint density at radius 1 is 1.20 bits per heavy atom. The fourth-order valence-electron chi connectivity index (χ4n) is 1.73. The van der Waals surface area contributed by atoms with E-state index in [0.717, 1.165) is 6.33 Å². The lowest BCUT2D eigenvalue weighted by molar-refractivity contribution is -0.383. The predicted molar refractivity (Wildman–Crippen MR) is 83.5 cm³/mol. The molecule has 2 aromatic heterocycles. The van der Waals surface area contributed by atoms with E-state index in [2.05, 4.69) is 25.7 Å². The van der Waals surface area contributed by atoms with E-state index in [4.69, 9.17) is 11.6 Å².